The van der Waals surface area contributed by atoms with E-state index in [2.05, 4.69) is 10.1 Å². The summed E-state index contributed by atoms with van der Waals surface area (Å²) in [7, 11) is 1.87. The molecule has 2 aromatic heterocycles. The van der Waals surface area contributed by atoms with Crippen molar-refractivity contribution in [2.45, 2.75) is 38.3 Å². The molecule has 0 spiro atoms. The Bertz CT molecular complexity index is 686. The number of anilines is 1. The van der Waals surface area contributed by atoms with Crippen LogP contribution in [0.25, 0.3) is 0 Å². The van der Waals surface area contributed by atoms with E-state index in [1.165, 1.54) is 0 Å². The van der Waals surface area contributed by atoms with E-state index in [4.69, 9.17) is 5.11 Å². The molecule has 1 fully saturated rings. The van der Waals surface area contributed by atoms with E-state index in [1.54, 1.807) is 12.4 Å². The molecule has 1 atom stereocenters. The number of aliphatic hydroxyl groups is 1. The number of likely N-dealkylation sites (tertiary alicyclic amines) is 1. The van der Waals surface area contributed by atoms with Crippen molar-refractivity contribution >= 4 is 11.7 Å². The van der Waals surface area contributed by atoms with Gasteiger partial charge in [-0.05, 0) is 43.9 Å². The number of amides is 1. The maximum absolute atomic E-state index is 13.0. The van der Waals surface area contributed by atoms with Crippen LogP contribution in [0.15, 0.2) is 36.8 Å². The number of hydrogen-bond donors (Lipinski definition) is 1. The number of carbonyl (C=O) groups is 1. The third kappa shape index (κ3) is 4.40. The predicted molar refractivity (Wildman–Crippen MR) is 100 cm³/mol. The zero-order chi connectivity index (χ0) is 18.4. The van der Waals surface area contributed by atoms with Gasteiger partial charge in [0.1, 0.15) is 5.82 Å². The minimum absolute atomic E-state index is 0.0547. The molecule has 7 nitrogen and oxygen atoms in total. The zero-order valence-corrected chi connectivity index (χ0v) is 15.3. The van der Waals surface area contributed by atoms with Crippen LogP contribution in [0.4, 0.5) is 5.82 Å². The van der Waals surface area contributed by atoms with E-state index >= 15 is 0 Å². The van der Waals surface area contributed by atoms with Crippen molar-refractivity contribution in [1.82, 2.24) is 19.7 Å². The molecule has 140 valence electrons. The summed E-state index contributed by atoms with van der Waals surface area (Å²) < 4.78 is 1.92. The Hall–Kier alpha value is -2.41. The number of likely N-dealkylation sites (N-methyl/N-ethyl adjacent to an activating group) is 1. The minimum Gasteiger partial charge on any atom is -0.395 e. The van der Waals surface area contributed by atoms with Crippen LogP contribution >= 0.6 is 0 Å². The summed E-state index contributed by atoms with van der Waals surface area (Å²) in [5.74, 6) is 0.809. The molecule has 0 saturated carbocycles. The fourth-order valence-corrected chi connectivity index (χ4v) is 3.45. The van der Waals surface area contributed by atoms with Crippen molar-refractivity contribution in [1.29, 1.82) is 0 Å². The highest BCUT2D eigenvalue weighted by atomic mass is 16.3. The lowest BCUT2D eigenvalue weighted by Crippen LogP contribution is -2.44. The van der Waals surface area contributed by atoms with Crippen LogP contribution in [-0.4, -0.2) is 63.5 Å². The highest BCUT2D eigenvalue weighted by Gasteiger charge is 2.27. The normalized spacial score (nSPS) is 17.3. The van der Waals surface area contributed by atoms with Gasteiger partial charge in [0.15, 0.2) is 0 Å². The Balaban J connectivity index is 1.65. The predicted octanol–water partition coefficient (Wildman–Crippen LogP) is 1.79. The molecule has 1 amide bonds. The van der Waals surface area contributed by atoms with Crippen molar-refractivity contribution in [3.8, 4) is 0 Å². The van der Waals surface area contributed by atoms with Crippen molar-refractivity contribution in [3.05, 3.63) is 42.4 Å². The third-order valence-electron chi connectivity index (χ3n) is 4.96. The SMILES string of the molecule is CN(CCO)c1ccc(C(=O)N2CCCC[C@@H]2CCn2cccn2)cn1. The number of carbonyl (C=O) groups excluding carboxylic acids is 1. The highest BCUT2D eigenvalue weighted by Crippen LogP contribution is 2.23. The Morgan fingerprint density at radius 1 is 1.38 bits per heavy atom. The Labute approximate surface area is 154 Å². The van der Waals surface area contributed by atoms with E-state index in [1.807, 2.05) is 45.9 Å². The number of hydrogen-bond acceptors (Lipinski definition) is 5. The van der Waals surface area contributed by atoms with Crippen LogP contribution in [0.2, 0.25) is 0 Å². The van der Waals surface area contributed by atoms with Gasteiger partial charge in [-0.1, -0.05) is 0 Å². The lowest BCUT2D eigenvalue weighted by molar-refractivity contribution is 0.0593. The molecule has 3 rings (SSSR count). The summed E-state index contributed by atoms with van der Waals surface area (Å²) in [5.41, 5.74) is 0.622. The first kappa shape index (κ1) is 18.4. The molecule has 0 bridgehead atoms. The van der Waals surface area contributed by atoms with Crippen LogP contribution in [0.3, 0.4) is 0 Å². The van der Waals surface area contributed by atoms with Gasteiger partial charge in [0.05, 0.1) is 12.2 Å². The number of piperidine rings is 1. The molecule has 1 aliphatic heterocycles. The highest BCUT2D eigenvalue weighted by molar-refractivity contribution is 5.94. The standard InChI is InChI=1S/C19H27N5O2/c1-22(13-14-25)18-7-6-16(15-20-18)19(26)24-11-3-2-5-17(24)8-12-23-10-4-9-21-23/h4,6-7,9-10,15,17,25H,2-3,5,8,11-14H2,1H3/t17-/m1/s1. The van der Waals surface area contributed by atoms with Crippen LogP contribution in [-0.2, 0) is 6.54 Å². The lowest BCUT2D eigenvalue weighted by Gasteiger charge is -2.36. The van der Waals surface area contributed by atoms with Crippen LogP contribution in [0.1, 0.15) is 36.0 Å². The molecule has 3 heterocycles. The van der Waals surface area contributed by atoms with Gasteiger partial charge in [-0.3, -0.25) is 9.48 Å². The summed E-state index contributed by atoms with van der Waals surface area (Å²) in [4.78, 5) is 21.2. The largest absolute Gasteiger partial charge is 0.395 e. The molecule has 0 radical (unpaired) electrons. The van der Waals surface area contributed by atoms with Gasteiger partial charge in [-0.15, -0.1) is 0 Å². The zero-order valence-electron chi connectivity index (χ0n) is 15.3. The van der Waals surface area contributed by atoms with Crippen LogP contribution in [0, 0.1) is 0 Å². The number of aryl methyl sites for hydroxylation is 1. The Morgan fingerprint density at radius 3 is 2.96 bits per heavy atom. The summed E-state index contributed by atoms with van der Waals surface area (Å²) in [5, 5.41) is 13.3. The van der Waals surface area contributed by atoms with Gasteiger partial charge in [-0.25, -0.2) is 4.98 Å². The van der Waals surface area contributed by atoms with Crippen molar-refractivity contribution < 1.29 is 9.90 Å². The summed E-state index contributed by atoms with van der Waals surface area (Å²) in [6.45, 7) is 2.21. The van der Waals surface area contributed by atoms with E-state index in [0.29, 0.717) is 12.1 Å². The fraction of sp³-hybridized carbons (Fsp3) is 0.526. The molecule has 1 saturated heterocycles. The molecule has 0 aromatic carbocycles. The molecule has 0 aliphatic carbocycles. The lowest BCUT2D eigenvalue weighted by atomic mass is 9.98. The monoisotopic (exact) mass is 357 g/mol. The number of pyridine rings is 1. The molecule has 7 heteroatoms. The average molecular weight is 357 g/mol. The maximum atomic E-state index is 13.0. The molecule has 1 N–H and O–H groups in total. The first-order valence-electron chi connectivity index (χ1n) is 9.25. The van der Waals surface area contributed by atoms with Crippen molar-refractivity contribution in [2.75, 3.05) is 31.6 Å². The number of aromatic nitrogens is 3. The molecular weight excluding hydrogens is 330 g/mol. The van der Waals surface area contributed by atoms with Gasteiger partial charge in [-0.2, -0.15) is 5.10 Å². The van der Waals surface area contributed by atoms with E-state index in [-0.39, 0.29) is 18.6 Å². The van der Waals surface area contributed by atoms with Crippen molar-refractivity contribution in [3.63, 3.8) is 0 Å². The first-order chi connectivity index (χ1) is 12.7. The maximum Gasteiger partial charge on any atom is 0.255 e. The second kappa shape index (κ2) is 8.80. The summed E-state index contributed by atoms with van der Waals surface area (Å²) >= 11 is 0. The Kier molecular flexibility index (Phi) is 6.22. The topological polar surface area (TPSA) is 74.5 Å². The van der Waals surface area contributed by atoms with Gasteiger partial charge in [0.2, 0.25) is 0 Å². The van der Waals surface area contributed by atoms with Gasteiger partial charge < -0.3 is 14.9 Å². The quantitative estimate of drug-likeness (QED) is 0.818. The fourth-order valence-electron chi connectivity index (χ4n) is 3.45. The van der Waals surface area contributed by atoms with Crippen LogP contribution < -0.4 is 4.90 Å². The molecular formula is C19H27N5O2. The number of aliphatic hydroxyl groups excluding tert-OH is 1. The molecule has 26 heavy (non-hydrogen) atoms. The summed E-state index contributed by atoms with van der Waals surface area (Å²) in [6, 6.07) is 5.84. The Morgan fingerprint density at radius 2 is 2.27 bits per heavy atom. The number of nitrogens with zero attached hydrogens (tertiary/aromatic N) is 5. The van der Waals surface area contributed by atoms with Gasteiger partial charge in [0, 0.05) is 51.3 Å². The van der Waals surface area contributed by atoms with Gasteiger partial charge >= 0.3 is 0 Å². The minimum atomic E-state index is 0.0547. The number of rotatable bonds is 7. The average Bonchev–Trinajstić information content (AvgIpc) is 3.20. The van der Waals surface area contributed by atoms with Crippen LogP contribution in [0.5, 0.6) is 0 Å². The summed E-state index contributed by atoms with van der Waals surface area (Å²) in [6.07, 6.45) is 9.55. The molecule has 1 aliphatic rings. The van der Waals surface area contributed by atoms with E-state index in [0.717, 1.165) is 44.6 Å². The van der Waals surface area contributed by atoms with Gasteiger partial charge in [0.25, 0.3) is 5.91 Å². The first-order valence-corrected chi connectivity index (χ1v) is 9.25. The van der Waals surface area contributed by atoms with Crippen molar-refractivity contribution in [2.24, 2.45) is 0 Å². The van der Waals surface area contributed by atoms with E-state index < -0.39 is 0 Å². The third-order valence-corrected chi connectivity index (χ3v) is 4.96. The molecule has 0 unspecified atom stereocenters. The van der Waals surface area contributed by atoms with E-state index in [9.17, 15) is 4.79 Å². The second-order valence-corrected chi connectivity index (χ2v) is 6.76. The molecule has 2 aromatic rings. The second-order valence-electron chi connectivity index (χ2n) is 6.76. The smallest absolute Gasteiger partial charge is 0.255 e.